The van der Waals surface area contributed by atoms with Gasteiger partial charge in [-0.1, -0.05) is 12.1 Å². The van der Waals surface area contributed by atoms with E-state index in [2.05, 4.69) is 4.99 Å². The standard InChI is InChI=1S/C19H18N2O5/c1-3-26-19(22)18(20-15-5-4-6-17(13-15)25-2)12-9-14-7-10-16(11-8-14)21(23)24/h4-13H,3H2,1-2H3/b12-9+,20-18?. The molecular formula is C19H18N2O5. The highest BCUT2D eigenvalue weighted by atomic mass is 16.6. The van der Waals surface area contributed by atoms with Gasteiger partial charge in [-0.15, -0.1) is 0 Å². The van der Waals surface area contributed by atoms with Crippen LogP contribution >= 0.6 is 0 Å². The van der Waals surface area contributed by atoms with Crippen molar-refractivity contribution in [2.75, 3.05) is 13.7 Å². The SMILES string of the molecule is CCOC(=O)C(/C=C/c1ccc([N+](=O)[O-])cc1)=Nc1cccc(OC)c1. The van der Waals surface area contributed by atoms with Gasteiger partial charge < -0.3 is 9.47 Å². The van der Waals surface area contributed by atoms with Gasteiger partial charge in [0.2, 0.25) is 0 Å². The fraction of sp³-hybridized carbons (Fsp3) is 0.158. The predicted octanol–water partition coefficient (Wildman–Crippen LogP) is 3.95. The van der Waals surface area contributed by atoms with Gasteiger partial charge in [0.1, 0.15) is 11.5 Å². The second kappa shape index (κ2) is 9.12. The number of hydrogen-bond donors (Lipinski definition) is 0. The Kier molecular flexibility index (Phi) is 6.61. The maximum atomic E-state index is 12.1. The van der Waals surface area contributed by atoms with Crippen LogP contribution in [-0.2, 0) is 9.53 Å². The highest BCUT2D eigenvalue weighted by Crippen LogP contribution is 2.20. The van der Waals surface area contributed by atoms with Crippen molar-refractivity contribution in [1.82, 2.24) is 0 Å². The van der Waals surface area contributed by atoms with Gasteiger partial charge in [-0.25, -0.2) is 9.79 Å². The molecule has 0 amide bonds. The van der Waals surface area contributed by atoms with Crippen molar-refractivity contribution in [3.05, 3.63) is 70.3 Å². The van der Waals surface area contributed by atoms with E-state index in [9.17, 15) is 14.9 Å². The summed E-state index contributed by atoms with van der Waals surface area (Å²) >= 11 is 0. The molecule has 0 aliphatic rings. The number of nitrogens with zero attached hydrogens (tertiary/aromatic N) is 2. The van der Waals surface area contributed by atoms with E-state index in [1.807, 2.05) is 0 Å². The zero-order valence-corrected chi connectivity index (χ0v) is 14.4. The molecule has 0 heterocycles. The lowest BCUT2D eigenvalue weighted by atomic mass is 10.1. The average molecular weight is 354 g/mol. The molecule has 7 heteroatoms. The summed E-state index contributed by atoms with van der Waals surface area (Å²) in [6.45, 7) is 1.93. The Bertz CT molecular complexity index is 841. The maximum Gasteiger partial charge on any atom is 0.356 e. The summed E-state index contributed by atoms with van der Waals surface area (Å²) in [4.78, 5) is 26.7. The third-order valence-corrected chi connectivity index (χ3v) is 3.33. The molecule has 0 aromatic heterocycles. The quantitative estimate of drug-likeness (QED) is 0.325. The second-order valence-corrected chi connectivity index (χ2v) is 5.10. The molecule has 134 valence electrons. The summed E-state index contributed by atoms with van der Waals surface area (Å²) in [7, 11) is 1.55. The minimum atomic E-state index is -0.562. The number of methoxy groups -OCH3 is 1. The van der Waals surface area contributed by atoms with Crippen LogP contribution in [0.2, 0.25) is 0 Å². The zero-order chi connectivity index (χ0) is 18.9. The van der Waals surface area contributed by atoms with E-state index in [-0.39, 0.29) is 18.0 Å². The number of nitro groups is 1. The Hall–Kier alpha value is -3.48. The molecule has 0 fully saturated rings. The number of carbonyl (C=O) groups excluding carboxylic acids is 1. The Morgan fingerprint density at radius 3 is 2.58 bits per heavy atom. The van der Waals surface area contributed by atoms with Crippen LogP contribution in [0, 0.1) is 10.1 Å². The summed E-state index contributed by atoms with van der Waals surface area (Å²) in [5.74, 6) is 0.0577. The van der Waals surface area contributed by atoms with Gasteiger partial charge in [0.15, 0.2) is 0 Å². The molecule has 26 heavy (non-hydrogen) atoms. The van der Waals surface area contributed by atoms with Crippen molar-refractivity contribution in [1.29, 1.82) is 0 Å². The van der Waals surface area contributed by atoms with Crippen LogP contribution in [0.15, 0.2) is 59.6 Å². The molecule has 2 rings (SSSR count). The second-order valence-electron chi connectivity index (χ2n) is 5.10. The van der Waals surface area contributed by atoms with Gasteiger partial charge in [0, 0.05) is 18.2 Å². The van der Waals surface area contributed by atoms with Crippen molar-refractivity contribution < 1.29 is 19.2 Å². The number of nitro benzene ring substituents is 1. The van der Waals surface area contributed by atoms with Crippen LogP contribution in [-0.4, -0.2) is 30.3 Å². The minimum absolute atomic E-state index is 0.00202. The predicted molar refractivity (Wildman–Crippen MR) is 98.9 cm³/mol. The Morgan fingerprint density at radius 1 is 1.23 bits per heavy atom. The molecule has 0 atom stereocenters. The van der Waals surface area contributed by atoms with Crippen molar-refractivity contribution >= 4 is 29.1 Å². The van der Waals surface area contributed by atoms with Gasteiger partial charge in [0.05, 0.1) is 24.3 Å². The molecular weight excluding hydrogens is 336 g/mol. The number of carbonyl (C=O) groups is 1. The topological polar surface area (TPSA) is 91.0 Å². The molecule has 0 saturated heterocycles. The Labute approximate surface area is 150 Å². The Balaban J connectivity index is 2.30. The number of ether oxygens (including phenoxy) is 2. The molecule has 0 unspecified atom stereocenters. The lowest BCUT2D eigenvalue weighted by Gasteiger charge is -2.04. The number of esters is 1. The van der Waals surface area contributed by atoms with Crippen molar-refractivity contribution in [3.63, 3.8) is 0 Å². The number of hydrogen-bond acceptors (Lipinski definition) is 6. The van der Waals surface area contributed by atoms with Crippen LogP contribution in [0.4, 0.5) is 11.4 Å². The first-order valence-corrected chi connectivity index (χ1v) is 7.86. The van der Waals surface area contributed by atoms with Gasteiger partial charge in [0.25, 0.3) is 5.69 Å². The first kappa shape index (κ1) is 18.9. The molecule has 7 nitrogen and oxygen atoms in total. The average Bonchev–Trinajstić information content (AvgIpc) is 2.65. The summed E-state index contributed by atoms with van der Waals surface area (Å²) in [6.07, 6.45) is 3.15. The van der Waals surface area contributed by atoms with Gasteiger partial charge in [-0.05, 0) is 42.8 Å². The molecule has 2 aromatic rings. The van der Waals surface area contributed by atoms with Crippen molar-refractivity contribution in [3.8, 4) is 5.75 Å². The van der Waals surface area contributed by atoms with E-state index in [4.69, 9.17) is 9.47 Å². The maximum absolute atomic E-state index is 12.1. The molecule has 0 spiro atoms. The molecule has 0 N–H and O–H groups in total. The molecule has 0 aliphatic carbocycles. The third kappa shape index (κ3) is 5.27. The summed E-state index contributed by atoms with van der Waals surface area (Å²) < 4.78 is 10.2. The van der Waals surface area contributed by atoms with E-state index in [1.165, 1.54) is 18.2 Å². The monoisotopic (exact) mass is 354 g/mol. The smallest absolute Gasteiger partial charge is 0.356 e. The number of benzene rings is 2. The van der Waals surface area contributed by atoms with Crippen LogP contribution in [0.3, 0.4) is 0 Å². The summed E-state index contributed by atoms with van der Waals surface area (Å²) in [6, 6.07) is 12.9. The van der Waals surface area contributed by atoms with E-state index in [0.29, 0.717) is 17.0 Å². The number of rotatable bonds is 7. The molecule has 0 aliphatic heterocycles. The summed E-state index contributed by atoms with van der Waals surface area (Å²) in [5.41, 5.74) is 1.34. The molecule has 2 aromatic carbocycles. The van der Waals surface area contributed by atoms with Crippen LogP contribution in [0.25, 0.3) is 6.08 Å². The molecule has 0 saturated carbocycles. The zero-order valence-electron chi connectivity index (χ0n) is 14.4. The molecule has 0 bridgehead atoms. The Morgan fingerprint density at radius 2 is 1.96 bits per heavy atom. The fourth-order valence-corrected chi connectivity index (χ4v) is 2.06. The largest absolute Gasteiger partial charge is 0.497 e. The molecule has 0 radical (unpaired) electrons. The van der Waals surface area contributed by atoms with Crippen molar-refractivity contribution in [2.45, 2.75) is 6.92 Å². The van der Waals surface area contributed by atoms with E-state index >= 15 is 0 Å². The van der Waals surface area contributed by atoms with Gasteiger partial charge in [-0.3, -0.25) is 10.1 Å². The number of aliphatic imine (C=N–C) groups is 1. The number of non-ortho nitro benzene ring substituents is 1. The van der Waals surface area contributed by atoms with Crippen LogP contribution in [0.5, 0.6) is 5.75 Å². The fourth-order valence-electron chi connectivity index (χ4n) is 2.06. The van der Waals surface area contributed by atoms with E-state index in [0.717, 1.165) is 0 Å². The van der Waals surface area contributed by atoms with E-state index < -0.39 is 10.9 Å². The normalized spacial score (nSPS) is 11.4. The van der Waals surface area contributed by atoms with Gasteiger partial charge >= 0.3 is 5.97 Å². The third-order valence-electron chi connectivity index (χ3n) is 3.33. The first-order valence-electron chi connectivity index (χ1n) is 7.86. The van der Waals surface area contributed by atoms with Crippen LogP contribution in [0.1, 0.15) is 12.5 Å². The highest BCUT2D eigenvalue weighted by Gasteiger charge is 2.10. The minimum Gasteiger partial charge on any atom is -0.497 e. The first-order chi connectivity index (χ1) is 12.5. The van der Waals surface area contributed by atoms with Gasteiger partial charge in [-0.2, -0.15) is 0 Å². The summed E-state index contributed by atoms with van der Waals surface area (Å²) in [5, 5.41) is 10.7. The van der Waals surface area contributed by atoms with E-state index in [1.54, 1.807) is 56.5 Å². The lowest BCUT2D eigenvalue weighted by Crippen LogP contribution is -2.15. The van der Waals surface area contributed by atoms with Crippen LogP contribution < -0.4 is 4.74 Å². The lowest BCUT2D eigenvalue weighted by molar-refractivity contribution is -0.384. The van der Waals surface area contributed by atoms with Crippen molar-refractivity contribution in [2.24, 2.45) is 4.99 Å². The highest BCUT2D eigenvalue weighted by molar-refractivity contribution is 6.42.